The van der Waals surface area contributed by atoms with Crippen LogP contribution >= 0.6 is 11.3 Å². The molecular weight excluding hydrogens is 360 g/mol. The van der Waals surface area contributed by atoms with Gasteiger partial charge in [0, 0.05) is 35.0 Å². The number of anilines is 1. The maximum absolute atomic E-state index is 10.9. The highest BCUT2D eigenvalue weighted by Crippen LogP contribution is 2.28. The first-order valence-corrected chi connectivity index (χ1v) is 9.00. The molecule has 2 aromatic carbocycles. The maximum Gasteiger partial charge on any atom is 0.270 e. The number of nitro groups is 1. The molecule has 0 fully saturated rings. The van der Waals surface area contributed by atoms with Crippen LogP contribution in [0.5, 0.6) is 0 Å². The average molecular weight is 376 g/mol. The van der Waals surface area contributed by atoms with Crippen LogP contribution in [0.15, 0.2) is 54.0 Å². The maximum atomic E-state index is 10.9. The number of nitrogens with zero attached hydrogens (tertiary/aromatic N) is 3. The zero-order valence-electron chi connectivity index (χ0n) is 14.8. The number of aromatic nitrogens is 1. The second-order valence-corrected chi connectivity index (χ2v) is 6.82. The van der Waals surface area contributed by atoms with E-state index in [0.29, 0.717) is 21.8 Å². The van der Waals surface area contributed by atoms with Gasteiger partial charge in [-0.2, -0.15) is 5.26 Å². The minimum atomic E-state index is -0.440. The molecule has 0 saturated carbocycles. The average Bonchev–Trinajstić information content (AvgIpc) is 3.15. The number of non-ortho nitro benzene ring substituents is 1. The van der Waals surface area contributed by atoms with Crippen LogP contribution in [0.1, 0.15) is 16.1 Å². The Morgan fingerprint density at radius 1 is 1.26 bits per heavy atom. The van der Waals surface area contributed by atoms with E-state index in [1.54, 1.807) is 23.7 Å². The molecule has 0 aliphatic carbocycles. The van der Waals surface area contributed by atoms with Gasteiger partial charge in [-0.3, -0.25) is 10.1 Å². The van der Waals surface area contributed by atoms with Crippen LogP contribution in [0.2, 0.25) is 0 Å². The molecule has 0 unspecified atom stereocenters. The van der Waals surface area contributed by atoms with Crippen LogP contribution in [-0.2, 0) is 0 Å². The molecule has 7 heteroatoms. The van der Waals surface area contributed by atoms with Crippen molar-refractivity contribution in [3.05, 3.63) is 80.3 Å². The Balaban J connectivity index is 1.85. The fraction of sp³-hybridized carbons (Fsp3) is 0.100. The first-order chi connectivity index (χ1) is 13.0. The van der Waals surface area contributed by atoms with Crippen molar-refractivity contribution in [1.29, 1.82) is 5.26 Å². The minimum Gasteiger partial charge on any atom is -0.360 e. The highest BCUT2D eigenvalue weighted by Gasteiger charge is 2.12. The van der Waals surface area contributed by atoms with E-state index in [9.17, 15) is 15.4 Å². The summed E-state index contributed by atoms with van der Waals surface area (Å²) in [6.45, 7) is 4.07. The molecule has 0 aliphatic rings. The van der Waals surface area contributed by atoms with Gasteiger partial charge in [0.05, 0.1) is 10.6 Å². The van der Waals surface area contributed by atoms with Gasteiger partial charge in [0.25, 0.3) is 5.69 Å². The van der Waals surface area contributed by atoms with Crippen molar-refractivity contribution in [3.63, 3.8) is 0 Å². The zero-order valence-corrected chi connectivity index (χ0v) is 15.6. The van der Waals surface area contributed by atoms with Gasteiger partial charge >= 0.3 is 0 Å². The summed E-state index contributed by atoms with van der Waals surface area (Å²) in [5.74, 6) is 0. The number of allylic oxidation sites excluding steroid dienone is 1. The number of benzene rings is 2. The summed E-state index contributed by atoms with van der Waals surface area (Å²) in [6.07, 6.45) is 1.63. The Hall–Kier alpha value is -3.50. The fourth-order valence-electron chi connectivity index (χ4n) is 2.44. The van der Waals surface area contributed by atoms with Crippen molar-refractivity contribution in [1.82, 2.24) is 4.98 Å². The normalized spacial score (nSPS) is 11.1. The van der Waals surface area contributed by atoms with Crippen molar-refractivity contribution in [2.24, 2.45) is 0 Å². The summed E-state index contributed by atoms with van der Waals surface area (Å²) in [7, 11) is 0. The first kappa shape index (κ1) is 18.3. The molecule has 0 amide bonds. The molecule has 0 atom stereocenters. The van der Waals surface area contributed by atoms with E-state index in [0.717, 1.165) is 11.3 Å². The summed E-state index contributed by atoms with van der Waals surface area (Å²) in [5, 5.41) is 25.9. The van der Waals surface area contributed by atoms with E-state index in [2.05, 4.69) is 16.4 Å². The van der Waals surface area contributed by atoms with Crippen LogP contribution in [0.4, 0.5) is 11.4 Å². The molecule has 6 nitrogen and oxygen atoms in total. The van der Waals surface area contributed by atoms with Gasteiger partial charge in [-0.15, -0.1) is 11.3 Å². The summed E-state index contributed by atoms with van der Waals surface area (Å²) >= 11 is 1.32. The number of hydrogen-bond donors (Lipinski definition) is 1. The van der Waals surface area contributed by atoms with E-state index in [1.807, 2.05) is 32.0 Å². The van der Waals surface area contributed by atoms with Crippen molar-refractivity contribution < 1.29 is 4.92 Å². The van der Waals surface area contributed by atoms with Gasteiger partial charge in [-0.25, -0.2) is 4.98 Å². The SMILES string of the molecule is Cc1ccc(N/C=C(\C#N)c2nc(-c3cccc([N+](=O)[O-])c3)cs2)cc1C. The number of rotatable bonds is 5. The van der Waals surface area contributed by atoms with Crippen molar-refractivity contribution in [2.45, 2.75) is 13.8 Å². The Labute approximate surface area is 160 Å². The zero-order chi connectivity index (χ0) is 19.4. The summed E-state index contributed by atoms with van der Waals surface area (Å²) < 4.78 is 0. The van der Waals surface area contributed by atoms with Crippen molar-refractivity contribution in [2.75, 3.05) is 5.32 Å². The predicted molar refractivity (Wildman–Crippen MR) is 107 cm³/mol. The highest BCUT2D eigenvalue weighted by molar-refractivity contribution is 7.11. The second kappa shape index (κ2) is 7.81. The third-order valence-electron chi connectivity index (χ3n) is 4.10. The molecule has 27 heavy (non-hydrogen) atoms. The Morgan fingerprint density at radius 2 is 2.07 bits per heavy atom. The molecule has 1 heterocycles. The second-order valence-electron chi connectivity index (χ2n) is 5.96. The van der Waals surface area contributed by atoms with Gasteiger partial charge in [-0.05, 0) is 37.1 Å². The molecule has 0 radical (unpaired) electrons. The van der Waals surface area contributed by atoms with Crippen molar-refractivity contribution in [3.8, 4) is 17.3 Å². The van der Waals surface area contributed by atoms with Crippen molar-refractivity contribution >= 4 is 28.3 Å². The molecule has 0 bridgehead atoms. The molecule has 0 spiro atoms. The molecule has 3 aromatic rings. The monoisotopic (exact) mass is 376 g/mol. The lowest BCUT2D eigenvalue weighted by molar-refractivity contribution is -0.384. The third kappa shape index (κ3) is 4.19. The van der Waals surface area contributed by atoms with E-state index in [-0.39, 0.29) is 5.69 Å². The lowest BCUT2D eigenvalue weighted by Crippen LogP contribution is -1.92. The van der Waals surface area contributed by atoms with E-state index in [1.165, 1.54) is 29.0 Å². The number of thiazole rings is 1. The van der Waals surface area contributed by atoms with Gasteiger partial charge in [-0.1, -0.05) is 18.2 Å². The number of nitro benzene ring substituents is 1. The number of nitrogens with one attached hydrogen (secondary N) is 1. The smallest absolute Gasteiger partial charge is 0.270 e. The largest absolute Gasteiger partial charge is 0.360 e. The predicted octanol–water partition coefficient (Wildman–Crippen LogP) is 5.31. The lowest BCUT2D eigenvalue weighted by atomic mass is 10.1. The van der Waals surface area contributed by atoms with Gasteiger partial charge in [0.15, 0.2) is 0 Å². The summed E-state index contributed by atoms with van der Waals surface area (Å²) in [4.78, 5) is 15.0. The van der Waals surface area contributed by atoms with E-state index >= 15 is 0 Å². The van der Waals surface area contributed by atoms with Crippen LogP contribution < -0.4 is 5.32 Å². The molecule has 1 N–H and O–H groups in total. The van der Waals surface area contributed by atoms with E-state index < -0.39 is 4.92 Å². The Kier molecular flexibility index (Phi) is 5.29. The summed E-state index contributed by atoms with van der Waals surface area (Å²) in [6, 6.07) is 14.4. The Morgan fingerprint density at radius 3 is 2.78 bits per heavy atom. The molecular formula is C20H16N4O2S. The molecule has 0 saturated heterocycles. The lowest BCUT2D eigenvalue weighted by Gasteiger charge is -2.05. The highest BCUT2D eigenvalue weighted by atomic mass is 32.1. The fourth-order valence-corrected chi connectivity index (χ4v) is 3.23. The van der Waals surface area contributed by atoms with E-state index in [4.69, 9.17) is 0 Å². The van der Waals surface area contributed by atoms with Crippen LogP contribution in [0.25, 0.3) is 16.8 Å². The Bertz CT molecular complexity index is 1080. The number of nitriles is 1. The topological polar surface area (TPSA) is 91.8 Å². The first-order valence-electron chi connectivity index (χ1n) is 8.12. The molecule has 0 aliphatic heterocycles. The van der Waals surface area contributed by atoms with Crippen LogP contribution in [0.3, 0.4) is 0 Å². The quantitative estimate of drug-likeness (QED) is 0.370. The minimum absolute atomic E-state index is 0.00880. The molecule has 1 aromatic heterocycles. The standard InChI is InChI=1S/C20H16N4O2S/c1-13-6-7-17(8-14(13)2)22-11-16(10-21)20-23-19(12-27-20)15-4-3-5-18(9-15)24(25)26/h3-9,11-12,22H,1-2H3/b16-11+. The molecule has 3 rings (SSSR count). The van der Waals surface area contributed by atoms with Gasteiger partial charge in [0.2, 0.25) is 0 Å². The third-order valence-corrected chi connectivity index (χ3v) is 4.97. The number of aryl methyl sites for hydroxylation is 2. The summed E-state index contributed by atoms with van der Waals surface area (Å²) in [5.41, 5.74) is 4.91. The van der Waals surface area contributed by atoms with Crippen LogP contribution in [0, 0.1) is 35.3 Å². The van der Waals surface area contributed by atoms with Gasteiger partial charge < -0.3 is 5.32 Å². The van der Waals surface area contributed by atoms with Crippen LogP contribution in [-0.4, -0.2) is 9.91 Å². The number of hydrogen-bond acceptors (Lipinski definition) is 6. The van der Waals surface area contributed by atoms with Gasteiger partial charge in [0.1, 0.15) is 16.6 Å². The molecule has 134 valence electrons.